The van der Waals surface area contributed by atoms with Gasteiger partial charge in [0.15, 0.2) is 12.5 Å². The first kappa shape index (κ1) is 26.2. The molecule has 0 bridgehead atoms. The molecular formula is C22H38BrN3O3Si2. The summed E-state index contributed by atoms with van der Waals surface area (Å²) in [7, 11) is -2.20. The van der Waals surface area contributed by atoms with Gasteiger partial charge in [-0.15, -0.1) is 0 Å². The van der Waals surface area contributed by atoms with E-state index in [-0.39, 0.29) is 6.79 Å². The lowest BCUT2D eigenvalue weighted by atomic mass is 10.1. The Balaban J connectivity index is 2.04. The van der Waals surface area contributed by atoms with E-state index in [1.54, 1.807) is 0 Å². The van der Waals surface area contributed by atoms with Crippen molar-refractivity contribution >= 4 is 32.1 Å². The fraction of sp³-hybridized carbons (Fsp3) is 0.636. The maximum atomic E-state index is 5.90. The maximum Gasteiger partial charge on any atom is 0.189 e. The molecule has 0 aromatic carbocycles. The average Bonchev–Trinajstić information content (AvgIpc) is 2.92. The van der Waals surface area contributed by atoms with Gasteiger partial charge in [0, 0.05) is 52.4 Å². The molecule has 0 unspecified atom stereocenters. The van der Waals surface area contributed by atoms with E-state index >= 15 is 0 Å². The van der Waals surface area contributed by atoms with Crippen molar-refractivity contribution in [2.45, 2.75) is 71.9 Å². The quantitative estimate of drug-likeness (QED) is 0.140. The Morgan fingerprint density at radius 3 is 2.19 bits per heavy atom. The van der Waals surface area contributed by atoms with E-state index in [4.69, 9.17) is 14.2 Å². The number of aromatic nitrogens is 3. The molecule has 31 heavy (non-hydrogen) atoms. The van der Waals surface area contributed by atoms with E-state index in [1.807, 2.05) is 23.9 Å². The molecule has 9 heteroatoms. The Labute approximate surface area is 197 Å². The second-order valence-electron chi connectivity index (χ2n) is 10.4. The highest BCUT2D eigenvalue weighted by atomic mass is 79.9. The average molecular weight is 529 g/mol. The second kappa shape index (κ2) is 11.2. The van der Waals surface area contributed by atoms with Crippen molar-refractivity contribution in [3.63, 3.8) is 0 Å². The number of rotatable bonds is 12. The third kappa shape index (κ3) is 8.80. The van der Waals surface area contributed by atoms with Gasteiger partial charge in [0.1, 0.15) is 11.3 Å². The molecule has 0 aliphatic heterocycles. The Hall–Kier alpha value is -1.01. The Morgan fingerprint density at radius 2 is 1.58 bits per heavy atom. The van der Waals surface area contributed by atoms with Crippen molar-refractivity contribution in [1.82, 2.24) is 14.8 Å². The summed E-state index contributed by atoms with van der Waals surface area (Å²) in [5.74, 6) is 0.670. The van der Waals surface area contributed by atoms with Crippen LogP contribution in [0.3, 0.4) is 0 Å². The fourth-order valence-electron chi connectivity index (χ4n) is 2.98. The molecule has 2 heterocycles. The Kier molecular flexibility index (Phi) is 9.50. The second-order valence-corrected chi connectivity index (χ2v) is 22.4. The van der Waals surface area contributed by atoms with E-state index in [1.165, 1.54) is 0 Å². The monoisotopic (exact) mass is 527 g/mol. The molecule has 0 aliphatic rings. The molecule has 0 saturated heterocycles. The van der Waals surface area contributed by atoms with Gasteiger partial charge < -0.3 is 14.2 Å². The van der Waals surface area contributed by atoms with Crippen LogP contribution in [0.25, 0.3) is 11.1 Å². The minimum absolute atomic E-state index is 0.219. The van der Waals surface area contributed by atoms with Gasteiger partial charge in [-0.2, -0.15) is 5.10 Å². The van der Waals surface area contributed by atoms with Crippen molar-refractivity contribution in [2.75, 3.05) is 20.0 Å². The van der Waals surface area contributed by atoms with Crippen LogP contribution in [0.5, 0.6) is 5.75 Å². The normalized spacial score (nSPS) is 12.4. The van der Waals surface area contributed by atoms with E-state index in [0.29, 0.717) is 17.1 Å². The largest absolute Gasteiger partial charge is 0.465 e. The van der Waals surface area contributed by atoms with Crippen molar-refractivity contribution < 1.29 is 14.2 Å². The minimum Gasteiger partial charge on any atom is -0.465 e. The van der Waals surface area contributed by atoms with E-state index in [9.17, 15) is 0 Å². The smallest absolute Gasteiger partial charge is 0.189 e. The maximum absolute atomic E-state index is 5.90. The lowest BCUT2D eigenvalue weighted by Crippen LogP contribution is -2.22. The van der Waals surface area contributed by atoms with Crippen LogP contribution in [-0.2, 0) is 16.2 Å². The first-order valence-corrected chi connectivity index (χ1v) is 19.1. The van der Waals surface area contributed by atoms with Crippen molar-refractivity contribution in [3.8, 4) is 16.9 Å². The zero-order valence-corrected chi connectivity index (χ0v) is 23.9. The first-order chi connectivity index (χ1) is 14.4. The molecule has 0 spiro atoms. The van der Waals surface area contributed by atoms with Crippen LogP contribution in [-0.4, -0.2) is 50.9 Å². The predicted molar refractivity (Wildman–Crippen MR) is 136 cm³/mol. The SMILES string of the molecule is Cc1nn(COCC[Si](C)(C)C)c(C)c1-c1cnc(Br)c(OCOCC[Si](C)(C)C)c1. The number of hydrogen-bond acceptors (Lipinski definition) is 5. The molecular weight excluding hydrogens is 490 g/mol. The standard InChI is InChI=1S/C22H38BrN3O3Si2/c1-17-21(18(2)26(25-17)15-27-9-11-30(3,4)5)19-13-20(22(23)24-14-19)29-16-28-10-12-31(6,7)8/h13-14H,9-12,15-16H2,1-8H3. The minimum atomic E-state index is -1.10. The molecule has 0 atom stereocenters. The molecule has 0 aliphatic carbocycles. The summed E-state index contributed by atoms with van der Waals surface area (Å²) < 4.78 is 20.0. The van der Waals surface area contributed by atoms with Crippen molar-refractivity contribution in [1.29, 1.82) is 0 Å². The van der Waals surface area contributed by atoms with Crippen molar-refractivity contribution in [3.05, 3.63) is 28.3 Å². The molecule has 0 saturated carbocycles. The fourth-order valence-corrected chi connectivity index (χ4v) is 4.82. The van der Waals surface area contributed by atoms with Gasteiger partial charge in [0.2, 0.25) is 0 Å². The van der Waals surface area contributed by atoms with Crippen LogP contribution >= 0.6 is 15.9 Å². The van der Waals surface area contributed by atoms with Crippen molar-refractivity contribution in [2.24, 2.45) is 0 Å². The summed E-state index contributed by atoms with van der Waals surface area (Å²) in [5, 5.41) is 4.68. The highest BCUT2D eigenvalue weighted by Crippen LogP contribution is 2.32. The highest BCUT2D eigenvalue weighted by Gasteiger charge is 2.17. The van der Waals surface area contributed by atoms with Crippen LogP contribution in [0.1, 0.15) is 11.4 Å². The zero-order chi connectivity index (χ0) is 23.2. The third-order valence-electron chi connectivity index (χ3n) is 4.98. The molecule has 2 rings (SSSR count). The molecule has 0 fully saturated rings. The lowest BCUT2D eigenvalue weighted by Gasteiger charge is -2.16. The summed E-state index contributed by atoms with van der Waals surface area (Å²) in [6, 6.07) is 4.26. The van der Waals surface area contributed by atoms with Gasteiger partial charge in [0.05, 0.1) is 5.69 Å². The van der Waals surface area contributed by atoms with E-state index < -0.39 is 16.1 Å². The number of pyridine rings is 1. The summed E-state index contributed by atoms with van der Waals surface area (Å²) >= 11 is 3.48. The van der Waals surface area contributed by atoms with Crippen LogP contribution in [0.15, 0.2) is 16.9 Å². The Bertz CT molecular complexity index is 861. The lowest BCUT2D eigenvalue weighted by molar-refractivity contribution is 0.0214. The summed E-state index contributed by atoms with van der Waals surface area (Å²) in [5.41, 5.74) is 4.06. The zero-order valence-electron chi connectivity index (χ0n) is 20.3. The van der Waals surface area contributed by atoms with E-state index in [2.05, 4.69) is 72.2 Å². The number of aryl methyl sites for hydroxylation is 1. The van der Waals surface area contributed by atoms with Crippen LogP contribution in [0.2, 0.25) is 51.4 Å². The van der Waals surface area contributed by atoms with Crippen LogP contribution < -0.4 is 4.74 Å². The summed E-state index contributed by atoms with van der Waals surface area (Å²) in [6.07, 6.45) is 1.84. The van der Waals surface area contributed by atoms with Gasteiger partial charge in [0.25, 0.3) is 0 Å². The summed E-state index contributed by atoms with van der Waals surface area (Å²) in [6.45, 7) is 20.4. The number of hydrogen-bond donors (Lipinski definition) is 0. The number of nitrogens with zero attached hydrogens (tertiary/aromatic N) is 3. The van der Waals surface area contributed by atoms with Crippen LogP contribution in [0.4, 0.5) is 0 Å². The molecule has 174 valence electrons. The summed E-state index contributed by atoms with van der Waals surface area (Å²) in [4.78, 5) is 4.47. The van der Waals surface area contributed by atoms with Gasteiger partial charge in [-0.1, -0.05) is 39.3 Å². The molecule has 2 aromatic rings. The molecule has 0 N–H and O–H groups in total. The topological polar surface area (TPSA) is 58.4 Å². The number of halogens is 1. The predicted octanol–water partition coefficient (Wildman–Crippen LogP) is 6.33. The molecule has 0 amide bonds. The molecule has 6 nitrogen and oxygen atoms in total. The van der Waals surface area contributed by atoms with Crippen LogP contribution in [0, 0.1) is 13.8 Å². The van der Waals surface area contributed by atoms with Gasteiger partial charge >= 0.3 is 0 Å². The van der Waals surface area contributed by atoms with Gasteiger partial charge in [-0.25, -0.2) is 9.67 Å². The highest BCUT2D eigenvalue weighted by molar-refractivity contribution is 9.10. The third-order valence-corrected chi connectivity index (χ3v) is 8.98. The first-order valence-electron chi connectivity index (χ1n) is 10.9. The molecule has 2 aromatic heterocycles. The molecule has 0 radical (unpaired) electrons. The Morgan fingerprint density at radius 1 is 0.968 bits per heavy atom. The van der Waals surface area contributed by atoms with E-state index in [0.717, 1.165) is 47.8 Å². The number of ether oxygens (including phenoxy) is 3. The van der Waals surface area contributed by atoms with Gasteiger partial charge in [-0.05, 0) is 47.9 Å². The van der Waals surface area contributed by atoms with Gasteiger partial charge in [-0.3, -0.25) is 0 Å².